The van der Waals surface area contributed by atoms with Crippen molar-refractivity contribution < 1.29 is 15.0 Å². The van der Waals surface area contributed by atoms with Gasteiger partial charge in [-0.05, 0) is 130 Å². The van der Waals surface area contributed by atoms with Crippen molar-refractivity contribution >= 4 is 99.3 Å². The molecule has 0 saturated carbocycles. The van der Waals surface area contributed by atoms with Crippen LogP contribution >= 0.6 is 0 Å². The number of anilines is 1. The number of nitrogen functional groups attached to an aromatic ring is 1. The van der Waals surface area contributed by atoms with Gasteiger partial charge in [-0.3, -0.25) is 9.36 Å². The second kappa shape index (κ2) is 23.7. The fourth-order valence-electron chi connectivity index (χ4n) is 12.7. The van der Waals surface area contributed by atoms with Crippen LogP contribution in [0.1, 0.15) is 22.3 Å². The highest BCUT2D eigenvalue weighted by atomic mass is 16.3. The summed E-state index contributed by atoms with van der Waals surface area (Å²) >= 11 is 0. The molecule has 2 aliphatic carbocycles. The van der Waals surface area contributed by atoms with Crippen LogP contribution in [0.15, 0.2) is 279 Å². The Morgan fingerprint density at radius 1 is 0.349 bits per heavy atom. The Balaban J connectivity index is 0.0000000958. The monoisotopic (exact) mass is 1120 g/mol. The van der Waals surface area contributed by atoms with Gasteiger partial charge in [-0.25, -0.2) is 0 Å². The number of nitrogens with two attached hydrogens (primary N) is 1. The van der Waals surface area contributed by atoms with Gasteiger partial charge in [0, 0.05) is 84.9 Å². The van der Waals surface area contributed by atoms with Crippen molar-refractivity contribution in [1.82, 2.24) is 18.3 Å². The lowest BCUT2D eigenvalue weighted by Gasteiger charge is -2.00. The number of hydrogen-bond donors (Lipinski definition) is 3. The van der Waals surface area contributed by atoms with Crippen LogP contribution in [0.3, 0.4) is 0 Å². The van der Waals surface area contributed by atoms with Gasteiger partial charge in [0.2, 0.25) is 6.41 Å². The summed E-state index contributed by atoms with van der Waals surface area (Å²) in [5.74, 6) is 0.358. The normalized spacial score (nSPS) is 11.5. The number of hydrogen-bond acceptors (Lipinski definition) is 4. The Labute approximate surface area is 498 Å². The smallest absolute Gasteiger partial charge is 0.218 e. The minimum Gasteiger partial charge on any atom is -0.508 e. The van der Waals surface area contributed by atoms with E-state index in [2.05, 4.69) is 187 Å². The Kier molecular flexibility index (Phi) is 15.0. The van der Waals surface area contributed by atoms with Crippen LogP contribution in [0.2, 0.25) is 0 Å². The number of rotatable bonds is 2. The van der Waals surface area contributed by atoms with Gasteiger partial charge < -0.3 is 29.6 Å². The van der Waals surface area contributed by atoms with Crippen molar-refractivity contribution in [2.24, 2.45) is 14.1 Å². The number of nitrogens with zero attached hydrogens (tertiary/aromatic N) is 4. The molecule has 0 saturated heterocycles. The molecule has 4 heterocycles. The number of aliphatic hydroxyl groups is 1. The Morgan fingerprint density at radius 3 is 1.08 bits per heavy atom. The molecule has 0 amide bonds. The van der Waals surface area contributed by atoms with Crippen molar-refractivity contribution in [3.8, 4) is 28.0 Å². The molecule has 4 N–H and O–H groups in total. The zero-order chi connectivity index (χ0) is 58.7. The fraction of sp³-hybridized carbons (Fsp3) is 0.0641. The highest BCUT2D eigenvalue weighted by Crippen LogP contribution is 2.39. The van der Waals surface area contributed by atoms with E-state index in [1.165, 1.54) is 98.9 Å². The largest absolute Gasteiger partial charge is 0.508 e. The summed E-state index contributed by atoms with van der Waals surface area (Å²) in [6.45, 7) is 0.0219. The number of aromatic hydroxyl groups is 1. The molecule has 0 bridgehead atoms. The summed E-state index contributed by atoms with van der Waals surface area (Å²) in [6, 6.07) is 94.9. The average Bonchev–Trinajstić information content (AvgIpc) is 4.09. The molecule has 0 unspecified atom stereocenters. The third-order valence-electron chi connectivity index (χ3n) is 16.8. The van der Waals surface area contributed by atoms with E-state index in [0.29, 0.717) is 5.75 Å². The lowest BCUT2D eigenvalue weighted by atomic mass is 10.1. The molecule has 16 aromatic rings. The molecule has 0 aliphatic heterocycles. The van der Waals surface area contributed by atoms with E-state index in [9.17, 15) is 15.0 Å². The fourth-order valence-corrected chi connectivity index (χ4v) is 12.7. The molecular formula is C78H63N5O3. The minimum absolute atomic E-state index is 0.0219. The molecule has 86 heavy (non-hydrogen) atoms. The van der Waals surface area contributed by atoms with Gasteiger partial charge in [-0.1, -0.05) is 206 Å². The molecule has 8 heteroatoms. The van der Waals surface area contributed by atoms with Crippen molar-refractivity contribution in [2.75, 3.05) is 5.73 Å². The van der Waals surface area contributed by atoms with Crippen molar-refractivity contribution in [3.63, 3.8) is 0 Å². The third kappa shape index (κ3) is 10.2. The first-order valence-electron chi connectivity index (χ1n) is 29.0. The van der Waals surface area contributed by atoms with E-state index in [1.54, 1.807) is 10.6 Å². The Bertz CT molecular complexity index is 4950. The van der Waals surface area contributed by atoms with E-state index in [1.807, 2.05) is 114 Å². The summed E-state index contributed by atoms with van der Waals surface area (Å²) in [5, 5.41) is 28.6. The second-order valence-corrected chi connectivity index (χ2v) is 21.7. The van der Waals surface area contributed by atoms with Gasteiger partial charge >= 0.3 is 0 Å². The summed E-state index contributed by atoms with van der Waals surface area (Å²) in [7, 11) is 4.20. The van der Waals surface area contributed by atoms with E-state index < -0.39 is 0 Å². The van der Waals surface area contributed by atoms with Crippen LogP contribution in [-0.2, 0) is 38.5 Å². The van der Waals surface area contributed by atoms with Crippen LogP contribution in [0.5, 0.6) is 5.75 Å². The first-order chi connectivity index (χ1) is 42.3. The van der Waals surface area contributed by atoms with Gasteiger partial charge in [0.05, 0.1) is 22.1 Å². The summed E-state index contributed by atoms with van der Waals surface area (Å²) in [4.78, 5) is 11.1. The zero-order valence-electron chi connectivity index (χ0n) is 47.9. The quantitative estimate of drug-likeness (QED) is 0.118. The number of benzene rings is 12. The predicted octanol–water partition coefficient (Wildman–Crippen LogP) is 18.0. The number of aromatic nitrogens is 4. The summed E-state index contributed by atoms with van der Waals surface area (Å²) in [5.41, 5.74) is 26.7. The molecule has 0 radical (unpaired) electrons. The summed E-state index contributed by atoms with van der Waals surface area (Å²) < 4.78 is 8.05. The van der Waals surface area contributed by atoms with Gasteiger partial charge in [0.25, 0.3) is 0 Å². The number of carbonyl (C=O) groups is 1. The van der Waals surface area contributed by atoms with Crippen LogP contribution in [0, 0.1) is 0 Å². The van der Waals surface area contributed by atoms with Gasteiger partial charge in [-0.15, -0.1) is 0 Å². The van der Waals surface area contributed by atoms with Gasteiger partial charge in [0.15, 0.2) is 0 Å². The van der Waals surface area contributed by atoms with E-state index >= 15 is 0 Å². The van der Waals surface area contributed by atoms with E-state index in [-0.39, 0.29) is 6.73 Å². The van der Waals surface area contributed by atoms with Crippen LogP contribution < -0.4 is 5.73 Å². The van der Waals surface area contributed by atoms with Gasteiger partial charge in [0.1, 0.15) is 12.5 Å². The number of phenolic OH excluding ortho intramolecular Hbond substituents is 1. The molecule has 0 fully saturated rings. The summed E-state index contributed by atoms with van der Waals surface area (Å²) in [6.07, 6.45) is 2.91. The molecule has 0 spiro atoms. The van der Waals surface area contributed by atoms with Gasteiger partial charge in [-0.2, -0.15) is 0 Å². The minimum atomic E-state index is 0.0219. The third-order valence-corrected chi connectivity index (χ3v) is 16.8. The Morgan fingerprint density at radius 2 is 0.663 bits per heavy atom. The van der Waals surface area contributed by atoms with E-state index in [4.69, 9.17) is 5.73 Å². The standard InChI is InChI=1S/C13H12N2.C13H11NO.C13H9NO.C13H11N.C13H10O.C13H10/c1-15-12-5-3-2-4-10(12)11-8-9(14)6-7-13(11)15;2*15-9-14-12-7-3-1-5-10(12)11-6-2-4-8-13(11)14;1-14-12-8-4-2-6-10(12)11-7-3-5-9-13(11)14;14-11-5-6-13-10(8-11)7-9-3-1-2-4-12(9)13;1-3-7-12-10(5-1)9-11-6-2-4-8-13(11)12/h2-8H,14H2,1H3;1-8,15H,9H2;1-9H;2-9H,1H3;1-6,8,14H,7H2;1-8H,9H2. The predicted molar refractivity (Wildman–Crippen MR) is 360 cm³/mol. The number of carbonyl (C=O) groups excluding carboxylic acids is 1. The first kappa shape index (κ1) is 54.3. The number of aliphatic hydroxyl groups excluding tert-OH is 1. The van der Waals surface area contributed by atoms with Crippen molar-refractivity contribution in [2.45, 2.75) is 19.6 Å². The lowest BCUT2D eigenvalue weighted by Crippen LogP contribution is -1.94. The van der Waals surface area contributed by atoms with E-state index in [0.717, 1.165) is 57.8 Å². The number of phenols is 1. The first-order valence-corrected chi connectivity index (χ1v) is 29.0. The maximum absolute atomic E-state index is 11.1. The number of fused-ring (bicyclic) bond motifs is 18. The molecule has 0 atom stereocenters. The van der Waals surface area contributed by atoms with Crippen molar-refractivity contribution in [3.05, 3.63) is 301 Å². The maximum atomic E-state index is 11.1. The average molecular weight is 1120 g/mol. The topological polar surface area (TPSA) is 103 Å². The zero-order valence-corrected chi connectivity index (χ0v) is 47.9. The highest BCUT2D eigenvalue weighted by molar-refractivity contribution is 6.12. The molecular weight excluding hydrogens is 1050 g/mol. The lowest BCUT2D eigenvalue weighted by molar-refractivity contribution is 0.220. The molecule has 418 valence electrons. The van der Waals surface area contributed by atoms with Crippen molar-refractivity contribution in [1.29, 1.82) is 0 Å². The molecule has 8 nitrogen and oxygen atoms in total. The number of para-hydroxylation sites is 7. The molecule has 4 aromatic heterocycles. The van der Waals surface area contributed by atoms with Crippen LogP contribution in [0.25, 0.3) is 109 Å². The number of aryl methyl sites for hydroxylation is 2. The van der Waals surface area contributed by atoms with Crippen LogP contribution in [0.4, 0.5) is 5.69 Å². The molecule has 12 aromatic carbocycles. The Hall–Kier alpha value is -10.9. The molecule has 18 rings (SSSR count). The van der Waals surface area contributed by atoms with Crippen LogP contribution in [-0.4, -0.2) is 34.9 Å². The second-order valence-electron chi connectivity index (χ2n) is 21.7. The maximum Gasteiger partial charge on any atom is 0.218 e. The SMILES string of the molecule is Cn1c2ccccc2c2cc(N)ccc21.Cn1c2ccccc2c2ccccc21.O=Cn1c2ccccc2c2ccccc21.OCn1c2ccccc2c2ccccc21.Oc1ccc2c(c1)Cc1ccccc1-2.c1ccc2c(c1)Cc1ccccc1-2. The highest BCUT2D eigenvalue weighted by Gasteiger charge is 2.18. The molecule has 2 aliphatic rings.